The van der Waals surface area contributed by atoms with Crippen molar-refractivity contribution in [3.63, 3.8) is 0 Å². The van der Waals surface area contributed by atoms with Crippen LogP contribution in [0.5, 0.6) is 17.2 Å². The van der Waals surface area contributed by atoms with Crippen molar-refractivity contribution in [2.24, 2.45) is 0 Å². The fourth-order valence-corrected chi connectivity index (χ4v) is 2.45. The first-order chi connectivity index (χ1) is 11.2. The largest absolute Gasteiger partial charge is 0.493 e. The van der Waals surface area contributed by atoms with E-state index in [2.05, 4.69) is 10.4 Å². The zero-order chi connectivity index (χ0) is 16.2. The highest BCUT2D eigenvalue weighted by molar-refractivity contribution is 5.95. The number of carbonyl (C=O) groups excluding carboxylic acids is 1. The van der Waals surface area contributed by atoms with Crippen molar-refractivity contribution in [1.29, 1.82) is 0 Å². The van der Waals surface area contributed by atoms with Crippen LogP contribution < -0.4 is 19.5 Å². The van der Waals surface area contributed by atoms with Gasteiger partial charge in [-0.15, -0.1) is 0 Å². The molecule has 1 aromatic heterocycles. The minimum Gasteiger partial charge on any atom is -0.493 e. The van der Waals surface area contributed by atoms with E-state index in [9.17, 15) is 4.79 Å². The molecular formula is C16H19N3O4. The van der Waals surface area contributed by atoms with Crippen molar-refractivity contribution in [3.05, 3.63) is 36.2 Å². The molecule has 2 aromatic rings. The Morgan fingerprint density at radius 2 is 2.26 bits per heavy atom. The lowest BCUT2D eigenvalue weighted by molar-refractivity contribution is 0.0934. The van der Waals surface area contributed by atoms with Gasteiger partial charge in [-0.3, -0.25) is 9.48 Å². The number of ether oxygens (including phenoxy) is 3. The Morgan fingerprint density at radius 1 is 1.43 bits per heavy atom. The van der Waals surface area contributed by atoms with Gasteiger partial charge in [0.05, 0.1) is 13.7 Å². The molecule has 0 saturated heterocycles. The molecule has 0 fully saturated rings. The molecule has 1 unspecified atom stereocenters. The fraction of sp³-hybridized carbons (Fsp3) is 0.375. The number of nitrogens with zero attached hydrogens (tertiary/aromatic N) is 2. The zero-order valence-corrected chi connectivity index (χ0v) is 13.1. The van der Waals surface area contributed by atoms with Gasteiger partial charge >= 0.3 is 0 Å². The number of methoxy groups -OCH3 is 1. The highest BCUT2D eigenvalue weighted by Crippen LogP contribution is 2.40. The molecule has 1 atom stereocenters. The maximum absolute atomic E-state index is 12.4. The lowest BCUT2D eigenvalue weighted by Crippen LogP contribution is -2.35. The molecule has 1 aromatic carbocycles. The van der Waals surface area contributed by atoms with Gasteiger partial charge in [0.2, 0.25) is 5.75 Å². The van der Waals surface area contributed by atoms with E-state index in [-0.39, 0.29) is 11.9 Å². The highest BCUT2D eigenvalue weighted by Gasteiger charge is 2.21. The van der Waals surface area contributed by atoms with Crippen LogP contribution in [0.15, 0.2) is 30.6 Å². The molecule has 1 amide bonds. The topological polar surface area (TPSA) is 74.6 Å². The first-order valence-corrected chi connectivity index (χ1v) is 7.43. The van der Waals surface area contributed by atoms with Gasteiger partial charge in [-0.2, -0.15) is 5.10 Å². The highest BCUT2D eigenvalue weighted by atomic mass is 16.6. The average Bonchev–Trinajstić information content (AvgIpc) is 3.06. The number of rotatable bonds is 5. The van der Waals surface area contributed by atoms with Crippen molar-refractivity contribution in [3.8, 4) is 17.2 Å². The average molecular weight is 317 g/mol. The van der Waals surface area contributed by atoms with Crippen LogP contribution >= 0.6 is 0 Å². The van der Waals surface area contributed by atoms with Crippen LogP contribution in [-0.4, -0.2) is 42.1 Å². The molecule has 0 aliphatic carbocycles. The summed E-state index contributed by atoms with van der Waals surface area (Å²) in [6, 6.07) is 5.11. The molecule has 1 aliphatic rings. The predicted molar refractivity (Wildman–Crippen MR) is 83.1 cm³/mol. The normalized spacial score (nSPS) is 14.2. The minimum atomic E-state index is -0.195. The number of nitrogens with one attached hydrogen (secondary N) is 1. The second-order valence-corrected chi connectivity index (χ2v) is 5.31. The van der Waals surface area contributed by atoms with Crippen LogP contribution in [0.4, 0.5) is 0 Å². The number of hydrogen-bond acceptors (Lipinski definition) is 5. The number of carbonyl (C=O) groups is 1. The molecule has 2 heterocycles. The second-order valence-electron chi connectivity index (χ2n) is 5.31. The molecule has 0 saturated carbocycles. The molecule has 1 N–H and O–H groups in total. The van der Waals surface area contributed by atoms with Crippen LogP contribution in [0.25, 0.3) is 0 Å². The van der Waals surface area contributed by atoms with Crippen molar-refractivity contribution < 1.29 is 19.0 Å². The Hall–Kier alpha value is -2.70. The molecule has 0 bridgehead atoms. The molecule has 0 spiro atoms. The van der Waals surface area contributed by atoms with Gasteiger partial charge in [-0.05, 0) is 25.1 Å². The quantitative estimate of drug-likeness (QED) is 0.904. The Kier molecular flexibility index (Phi) is 4.36. The van der Waals surface area contributed by atoms with Crippen LogP contribution in [0, 0.1) is 0 Å². The Labute approximate surface area is 134 Å². The van der Waals surface area contributed by atoms with E-state index >= 15 is 0 Å². The summed E-state index contributed by atoms with van der Waals surface area (Å²) in [7, 11) is 1.54. The molecule has 122 valence electrons. The standard InChI is InChI=1S/C16H19N3O4/c1-11(10-19-5-3-4-17-19)18-16(20)12-8-13(21-2)15-14(9-12)22-6-7-23-15/h3-5,8-9,11H,6-7,10H2,1-2H3,(H,18,20). The smallest absolute Gasteiger partial charge is 0.251 e. The van der Waals surface area contributed by atoms with E-state index in [0.29, 0.717) is 42.6 Å². The molecular weight excluding hydrogens is 298 g/mol. The third kappa shape index (κ3) is 3.39. The molecule has 7 heteroatoms. The third-order valence-electron chi connectivity index (χ3n) is 3.49. The minimum absolute atomic E-state index is 0.0680. The van der Waals surface area contributed by atoms with Gasteiger partial charge in [-0.1, -0.05) is 0 Å². The SMILES string of the molecule is COc1cc(C(=O)NC(C)Cn2cccn2)cc2c1OCCO2. The molecule has 23 heavy (non-hydrogen) atoms. The van der Waals surface area contributed by atoms with Gasteiger partial charge in [0.25, 0.3) is 5.91 Å². The predicted octanol–water partition coefficient (Wildman–Crippen LogP) is 1.48. The van der Waals surface area contributed by atoms with Gasteiger partial charge in [0.1, 0.15) is 13.2 Å². The lowest BCUT2D eigenvalue weighted by Gasteiger charge is -2.21. The molecule has 1 aliphatic heterocycles. The maximum Gasteiger partial charge on any atom is 0.251 e. The van der Waals surface area contributed by atoms with E-state index < -0.39 is 0 Å². The summed E-state index contributed by atoms with van der Waals surface area (Å²) < 4.78 is 18.2. The molecule has 7 nitrogen and oxygen atoms in total. The monoisotopic (exact) mass is 317 g/mol. The molecule has 0 radical (unpaired) electrons. The zero-order valence-electron chi connectivity index (χ0n) is 13.1. The van der Waals surface area contributed by atoms with E-state index in [1.165, 1.54) is 7.11 Å². The maximum atomic E-state index is 12.4. The summed E-state index contributed by atoms with van der Waals surface area (Å²) in [5.41, 5.74) is 0.471. The van der Waals surface area contributed by atoms with E-state index in [1.807, 2.05) is 19.2 Å². The first kappa shape index (κ1) is 15.2. The summed E-state index contributed by atoms with van der Waals surface area (Å²) in [6.07, 6.45) is 3.57. The summed E-state index contributed by atoms with van der Waals surface area (Å²) in [5.74, 6) is 1.37. The van der Waals surface area contributed by atoms with Crippen LogP contribution in [0.2, 0.25) is 0 Å². The van der Waals surface area contributed by atoms with Crippen molar-refractivity contribution in [2.45, 2.75) is 19.5 Å². The number of amides is 1. The van der Waals surface area contributed by atoms with Gasteiger partial charge in [-0.25, -0.2) is 0 Å². The van der Waals surface area contributed by atoms with E-state index in [4.69, 9.17) is 14.2 Å². The van der Waals surface area contributed by atoms with Crippen LogP contribution in [0.3, 0.4) is 0 Å². The summed E-state index contributed by atoms with van der Waals surface area (Å²) in [4.78, 5) is 12.4. The van der Waals surface area contributed by atoms with Gasteiger partial charge in [0.15, 0.2) is 11.5 Å². The first-order valence-electron chi connectivity index (χ1n) is 7.43. The fourth-order valence-electron chi connectivity index (χ4n) is 2.45. The summed E-state index contributed by atoms with van der Waals surface area (Å²) >= 11 is 0. The Balaban J connectivity index is 1.74. The summed E-state index contributed by atoms with van der Waals surface area (Å²) in [5, 5.41) is 7.07. The van der Waals surface area contributed by atoms with E-state index in [0.717, 1.165) is 0 Å². The Bertz CT molecular complexity index is 668. The molecule has 3 rings (SSSR count). The number of aromatic nitrogens is 2. The van der Waals surface area contributed by atoms with Crippen LogP contribution in [0.1, 0.15) is 17.3 Å². The number of benzene rings is 1. The van der Waals surface area contributed by atoms with Gasteiger partial charge in [0, 0.05) is 24.0 Å². The number of fused-ring (bicyclic) bond motifs is 1. The lowest BCUT2D eigenvalue weighted by atomic mass is 10.1. The third-order valence-corrected chi connectivity index (χ3v) is 3.49. The van der Waals surface area contributed by atoms with Crippen molar-refractivity contribution in [1.82, 2.24) is 15.1 Å². The van der Waals surface area contributed by atoms with E-state index in [1.54, 1.807) is 23.0 Å². The van der Waals surface area contributed by atoms with Crippen molar-refractivity contribution >= 4 is 5.91 Å². The second kappa shape index (κ2) is 6.60. The Morgan fingerprint density at radius 3 is 3.00 bits per heavy atom. The number of hydrogen-bond donors (Lipinski definition) is 1. The van der Waals surface area contributed by atoms with Crippen molar-refractivity contribution in [2.75, 3.05) is 20.3 Å². The summed E-state index contributed by atoms with van der Waals surface area (Å²) in [6.45, 7) is 3.45. The van der Waals surface area contributed by atoms with Gasteiger partial charge < -0.3 is 19.5 Å². The van der Waals surface area contributed by atoms with Crippen LogP contribution in [-0.2, 0) is 6.54 Å².